The topological polar surface area (TPSA) is 94.8 Å². The lowest BCUT2D eigenvalue weighted by Crippen LogP contribution is -2.09. The summed E-state index contributed by atoms with van der Waals surface area (Å²) >= 11 is 0. The van der Waals surface area contributed by atoms with Gasteiger partial charge in [-0.25, -0.2) is 4.79 Å². The minimum absolute atomic E-state index is 0.176. The highest BCUT2D eigenvalue weighted by Crippen LogP contribution is 2.28. The molecule has 1 aromatic rings. The molecule has 0 bridgehead atoms. The number of benzene rings is 1. The first-order valence-electron chi connectivity index (χ1n) is 5.29. The summed E-state index contributed by atoms with van der Waals surface area (Å²) in [6.07, 6.45) is 1.60. The van der Waals surface area contributed by atoms with Gasteiger partial charge >= 0.3 is 5.97 Å². The van der Waals surface area contributed by atoms with Gasteiger partial charge < -0.3 is 15.3 Å². The van der Waals surface area contributed by atoms with E-state index in [-0.39, 0.29) is 23.3 Å². The molecule has 92 valence electrons. The number of aromatic hydroxyl groups is 2. The van der Waals surface area contributed by atoms with Gasteiger partial charge in [-0.3, -0.25) is 4.79 Å². The first-order valence-corrected chi connectivity index (χ1v) is 5.29. The van der Waals surface area contributed by atoms with Crippen LogP contribution in [0.2, 0.25) is 0 Å². The summed E-state index contributed by atoms with van der Waals surface area (Å²) in [5, 5.41) is 27.7. The van der Waals surface area contributed by atoms with Crippen molar-refractivity contribution in [3.63, 3.8) is 0 Å². The molecule has 5 nitrogen and oxygen atoms in total. The van der Waals surface area contributed by atoms with E-state index in [1.54, 1.807) is 0 Å². The van der Waals surface area contributed by atoms with Crippen LogP contribution in [0.4, 0.5) is 0 Å². The maximum atomic E-state index is 11.8. The average Bonchev–Trinajstić information content (AvgIpc) is 2.24. The molecule has 3 N–H and O–H groups in total. The van der Waals surface area contributed by atoms with Gasteiger partial charge in [0.25, 0.3) is 0 Å². The minimum atomic E-state index is -1.35. The van der Waals surface area contributed by atoms with Crippen molar-refractivity contribution in [1.82, 2.24) is 0 Å². The lowest BCUT2D eigenvalue weighted by molar-refractivity contribution is 0.0690. The molecular weight excluding hydrogens is 224 g/mol. The van der Waals surface area contributed by atoms with E-state index < -0.39 is 17.5 Å². The van der Waals surface area contributed by atoms with Gasteiger partial charge in [-0.1, -0.05) is 13.3 Å². The number of carboxylic acid groups (broad SMARTS) is 1. The van der Waals surface area contributed by atoms with Crippen molar-refractivity contribution in [1.29, 1.82) is 0 Å². The number of carboxylic acids is 1. The van der Waals surface area contributed by atoms with E-state index in [1.807, 2.05) is 6.92 Å². The van der Waals surface area contributed by atoms with Crippen LogP contribution in [0.1, 0.15) is 46.9 Å². The van der Waals surface area contributed by atoms with Gasteiger partial charge in [0, 0.05) is 12.5 Å². The molecule has 0 fully saturated rings. The summed E-state index contributed by atoms with van der Waals surface area (Å²) < 4.78 is 0. The number of carbonyl (C=O) groups excluding carboxylic acids is 1. The fourth-order valence-electron chi connectivity index (χ4n) is 1.54. The number of carbonyl (C=O) groups is 2. The SMILES string of the molecule is CCCCC(=O)c1c(O)cc(O)cc1C(=O)O. The Bertz CT molecular complexity index is 450. The average molecular weight is 238 g/mol. The summed E-state index contributed by atoms with van der Waals surface area (Å²) in [6, 6.07) is 1.92. The highest BCUT2D eigenvalue weighted by Gasteiger charge is 2.21. The Hall–Kier alpha value is -2.04. The molecule has 0 saturated heterocycles. The quantitative estimate of drug-likeness (QED) is 0.683. The van der Waals surface area contributed by atoms with Crippen LogP contribution in [0.3, 0.4) is 0 Å². The van der Waals surface area contributed by atoms with Crippen molar-refractivity contribution in [3.05, 3.63) is 23.3 Å². The van der Waals surface area contributed by atoms with Crippen LogP contribution in [0, 0.1) is 0 Å². The third-order valence-electron chi connectivity index (χ3n) is 2.37. The van der Waals surface area contributed by atoms with Crippen molar-refractivity contribution in [2.75, 3.05) is 0 Å². The maximum Gasteiger partial charge on any atom is 0.336 e. The zero-order valence-electron chi connectivity index (χ0n) is 9.43. The van der Waals surface area contributed by atoms with Crippen molar-refractivity contribution in [3.8, 4) is 11.5 Å². The van der Waals surface area contributed by atoms with E-state index >= 15 is 0 Å². The third kappa shape index (κ3) is 2.96. The predicted molar refractivity (Wildman–Crippen MR) is 60.6 cm³/mol. The predicted octanol–water partition coefficient (Wildman–Crippen LogP) is 2.17. The number of ketones is 1. The molecule has 0 aliphatic heterocycles. The fourth-order valence-corrected chi connectivity index (χ4v) is 1.54. The van der Waals surface area contributed by atoms with Gasteiger partial charge in [-0.05, 0) is 12.5 Å². The third-order valence-corrected chi connectivity index (χ3v) is 2.37. The summed E-state index contributed by atoms with van der Waals surface area (Å²) in [5.74, 6) is -2.66. The van der Waals surface area contributed by atoms with Crippen LogP contribution < -0.4 is 0 Å². The van der Waals surface area contributed by atoms with Gasteiger partial charge in [0.15, 0.2) is 5.78 Å². The Morgan fingerprint density at radius 2 is 1.88 bits per heavy atom. The summed E-state index contributed by atoms with van der Waals surface area (Å²) in [5.41, 5.74) is -0.604. The van der Waals surface area contributed by atoms with Gasteiger partial charge in [-0.15, -0.1) is 0 Å². The Morgan fingerprint density at radius 1 is 1.24 bits per heavy atom. The second kappa shape index (κ2) is 5.34. The highest BCUT2D eigenvalue weighted by atomic mass is 16.4. The minimum Gasteiger partial charge on any atom is -0.508 e. The molecule has 0 spiro atoms. The van der Waals surface area contributed by atoms with Crippen molar-refractivity contribution in [2.24, 2.45) is 0 Å². The fraction of sp³-hybridized carbons (Fsp3) is 0.333. The summed E-state index contributed by atoms with van der Waals surface area (Å²) in [7, 11) is 0. The van der Waals surface area contributed by atoms with Gasteiger partial charge in [-0.2, -0.15) is 0 Å². The second-order valence-corrected chi connectivity index (χ2v) is 3.72. The lowest BCUT2D eigenvalue weighted by atomic mass is 9.98. The van der Waals surface area contributed by atoms with E-state index in [2.05, 4.69) is 0 Å². The van der Waals surface area contributed by atoms with Crippen LogP contribution in [0.25, 0.3) is 0 Å². The first kappa shape index (κ1) is 13.0. The molecule has 0 aliphatic carbocycles. The van der Waals surface area contributed by atoms with E-state index in [0.717, 1.165) is 18.6 Å². The van der Waals surface area contributed by atoms with Crippen molar-refractivity contribution < 1.29 is 24.9 Å². The Morgan fingerprint density at radius 3 is 2.41 bits per heavy atom. The molecule has 0 aromatic heterocycles. The molecule has 0 unspecified atom stereocenters. The normalized spacial score (nSPS) is 10.2. The van der Waals surface area contributed by atoms with Crippen LogP contribution in [-0.2, 0) is 0 Å². The van der Waals surface area contributed by atoms with Crippen molar-refractivity contribution in [2.45, 2.75) is 26.2 Å². The number of phenolic OH excluding ortho intramolecular Hbond substituents is 2. The number of aromatic carboxylic acids is 1. The van der Waals surface area contributed by atoms with Gasteiger partial charge in [0.2, 0.25) is 0 Å². The lowest BCUT2D eigenvalue weighted by Gasteiger charge is -2.08. The number of rotatable bonds is 5. The molecule has 1 rings (SSSR count). The Balaban J connectivity index is 3.21. The molecule has 0 atom stereocenters. The smallest absolute Gasteiger partial charge is 0.336 e. The zero-order chi connectivity index (χ0) is 13.0. The highest BCUT2D eigenvalue weighted by molar-refractivity contribution is 6.08. The molecule has 0 aliphatic rings. The standard InChI is InChI=1S/C12H14O5/c1-2-3-4-9(14)11-8(12(16)17)5-7(13)6-10(11)15/h5-6,13,15H,2-4H2,1H3,(H,16,17). The molecule has 0 saturated carbocycles. The molecule has 1 aromatic carbocycles. The van der Waals surface area contributed by atoms with E-state index in [1.165, 1.54) is 0 Å². The number of hydrogen-bond acceptors (Lipinski definition) is 4. The number of unbranched alkanes of at least 4 members (excludes halogenated alkanes) is 1. The largest absolute Gasteiger partial charge is 0.508 e. The molecular formula is C12H14O5. The zero-order valence-corrected chi connectivity index (χ0v) is 9.43. The monoisotopic (exact) mass is 238 g/mol. The number of hydrogen-bond donors (Lipinski definition) is 3. The molecule has 0 amide bonds. The van der Waals surface area contributed by atoms with Crippen LogP contribution >= 0.6 is 0 Å². The van der Waals surface area contributed by atoms with E-state index in [0.29, 0.717) is 6.42 Å². The van der Waals surface area contributed by atoms with Gasteiger partial charge in [0.05, 0.1) is 11.1 Å². The van der Waals surface area contributed by atoms with Crippen LogP contribution in [-0.4, -0.2) is 27.1 Å². The molecule has 5 heteroatoms. The Labute approximate surface area is 98.3 Å². The first-order chi connectivity index (χ1) is 7.97. The molecule has 17 heavy (non-hydrogen) atoms. The molecule has 0 radical (unpaired) electrons. The van der Waals surface area contributed by atoms with Gasteiger partial charge in [0.1, 0.15) is 11.5 Å². The van der Waals surface area contributed by atoms with Crippen LogP contribution in [0.5, 0.6) is 11.5 Å². The number of phenols is 2. The summed E-state index contributed by atoms with van der Waals surface area (Å²) in [4.78, 5) is 22.7. The molecule has 0 heterocycles. The number of Topliss-reactive ketones (excluding diaryl/α,β-unsaturated/α-hetero) is 1. The van der Waals surface area contributed by atoms with Crippen molar-refractivity contribution >= 4 is 11.8 Å². The second-order valence-electron chi connectivity index (χ2n) is 3.72. The maximum absolute atomic E-state index is 11.8. The van der Waals surface area contributed by atoms with E-state index in [9.17, 15) is 19.8 Å². The Kier molecular flexibility index (Phi) is 4.09. The summed E-state index contributed by atoms with van der Waals surface area (Å²) in [6.45, 7) is 1.90. The van der Waals surface area contributed by atoms with E-state index in [4.69, 9.17) is 5.11 Å². The van der Waals surface area contributed by atoms with Crippen LogP contribution in [0.15, 0.2) is 12.1 Å².